The van der Waals surface area contributed by atoms with E-state index in [0.29, 0.717) is 25.1 Å². The minimum absolute atomic E-state index is 0.0276. The lowest BCUT2D eigenvalue weighted by Crippen LogP contribution is -2.37. The van der Waals surface area contributed by atoms with Crippen LogP contribution < -0.4 is 4.72 Å². The third kappa shape index (κ3) is 4.33. The maximum Gasteiger partial charge on any atom is 0.337 e. The molecule has 0 atom stereocenters. The van der Waals surface area contributed by atoms with Crippen LogP contribution in [0.5, 0.6) is 0 Å². The lowest BCUT2D eigenvalue weighted by Gasteiger charge is -2.27. The summed E-state index contributed by atoms with van der Waals surface area (Å²) in [5.74, 6) is -0.536. The highest BCUT2D eigenvalue weighted by Gasteiger charge is 2.25. The molecule has 0 saturated heterocycles. The van der Waals surface area contributed by atoms with Gasteiger partial charge in [0.1, 0.15) is 0 Å². The van der Waals surface area contributed by atoms with Gasteiger partial charge in [-0.15, -0.1) is 0 Å². The van der Waals surface area contributed by atoms with Gasteiger partial charge in [0.05, 0.1) is 17.6 Å². The minimum Gasteiger partial charge on any atom is -0.465 e. The second kappa shape index (κ2) is 8.52. The fourth-order valence-corrected chi connectivity index (χ4v) is 4.86. The van der Waals surface area contributed by atoms with Gasteiger partial charge in [-0.3, -0.25) is 4.79 Å². The molecule has 0 unspecified atom stereocenters. The molecule has 2 aromatic carbocycles. The fraction of sp³-hybridized carbons (Fsp3) is 0.273. The van der Waals surface area contributed by atoms with Crippen LogP contribution in [0, 0.1) is 0 Å². The lowest BCUT2D eigenvalue weighted by atomic mass is 10.0. The Bertz CT molecular complexity index is 1230. The molecule has 31 heavy (non-hydrogen) atoms. The van der Waals surface area contributed by atoms with Gasteiger partial charge in [0.25, 0.3) is 0 Å². The summed E-state index contributed by atoms with van der Waals surface area (Å²) in [4.78, 5) is 29.8. The van der Waals surface area contributed by atoms with Crippen LogP contribution in [-0.2, 0) is 32.5 Å². The van der Waals surface area contributed by atoms with Gasteiger partial charge in [-0.25, -0.2) is 17.9 Å². The van der Waals surface area contributed by atoms with Crippen molar-refractivity contribution in [2.75, 3.05) is 20.2 Å². The zero-order valence-electron chi connectivity index (χ0n) is 17.1. The average molecular weight is 442 g/mol. The van der Waals surface area contributed by atoms with Crippen molar-refractivity contribution in [3.63, 3.8) is 0 Å². The van der Waals surface area contributed by atoms with E-state index in [1.807, 2.05) is 6.07 Å². The zero-order valence-corrected chi connectivity index (χ0v) is 17.9. The molecular formula is C22H23N3O5S. The number of amides is 1. The molecule has 3 aromatic rings. The van der Waals surface area contributed by atoms with Crippen molar-refractivity contribution in [1.82, 2.24) is 14.6 Å². The molecule has 0 radical (unpaired) electrons. The predicted octanol–water partition coefficient (Wildman–Crippen LogP) is 2.21. The van der Waals surface area contributed by atoms with Crippen molar-refractivity contribution >= 4 is 32.8 Å². The van der Waals surface area contributed by atoms with E-state index in [0.717, 1.165) is 22.2 Å². The topological polar surface area (TPSA) is 109 Å². The highest BCUT2D eigenvalue weighted by molar-refractivity contribution is 7.89. The van der Waals surface area contributed by atoms with Crippen molar-refractivity contribution in [1.29, 1.82) is 0 Å². The number of aromatic amines is 1. The third-order valence-electron chi connectivity index (χ3n) is 5.43. The highest BCUT2D eigenvalue weighted by Crippen LogP contribution is 2.29. The van der Waals surface area contributed by atoms with Crippen LogP contribution in [0.15, 0.2) is 53.4 Å². The maximum atomic E-state index is 12.7. The van der Waals surface area contributed by atoms with Crippen LogP contribution >= 0.6 is 0 Å². The number of nitrogens with zero attached hydrogens (tertiary/aromatic N) is 1. The van der Waals surface area contributed by atoms with E-state index in [1.54, 1.807) is 35.2 Å². The molecule has 1 aliphatic rings. The quantitative estimate of drug-likeness (QED) is 0.570. The summed E-state index contributed by atoms with van der Waals surface area (Å²) in [6.45, 7) is 0.984. The molecule has 1 amide bonds. The van der Waals surface area contributed by atoms with Crippen molar-refractivity contribution in [3.8, 4) is 0 Å². The van der Waals surface area contributed by atoms with Crippen LogP contribution in [0.2, 0.25) is 0 Å². The van der Waals surface area contributed by atoms with Crippen molar-refractivity contribution in [3.05, 3.63) is 65.4 Å². The Balaban J connectivity index is 1.43. The zero-order chi connectivity index (χ0) is 22.0. The molecular weight excluding hydrogens is 418 g/mol. The monoisotopic (exact) mass is 441 g/mol. The molecule has 162 valence electrons. The van der Waals surface area contributed by atoms with Crippen LogP contribution in [0.25, 0.3) is 10.9 Å². The number of carbonyl (C=O) groups is 2. The summed E-state index contributed by atoms with van der Waals surface area (Å²) < 4.78 is 31.9. The normalized spacial score (nSPS) is 13.8. The number of methoxy groups -OCH3 is 1. The predicted molar refractivity (Wildman–Crippen MR) is 115 cm³/mol. The molecule has 0 fully saturated rings. The van der Waals surface area contributed by atoms with Crippen LogP contribution in [0.3, 0.4) is 0 Å². The van der Waals surface area contributed by atoms with E-state index in [9.17, 15) is 18.0 Å². The summed E-state index contributed by atoms with van der Waals surface area (Å²) >= 11 is 0. The molecule has 8 nitrogen and oxygen atoms in total. The molecule has 1 aromatic heterocycles. The van der Waals surface area contributed by atoms with Gasteiger partial charge >= 0.3 is 5.97 Å². The number of H-pyrrole nitrogens is 1. The van der Waals surface area contributed by atoms with E-state index >= 15 is 0 Å². The molecule has 4 rings (SSSR count). The Morgan fingerprint density at radius 1 is 1.16 bits per heavy atom. The smallest absolute Gasteiger partial charge is 0.337 e. The maximum absolute atomic E-state index is 12.7. The second-order valence-corrected chi connectivity index (χ2v) is 9.13. The Morgan fingerprint density at radius 3 is 2.68 bits per heavy atom. The number of benzene rings is 2. The largest absolute Gasteiger partial charge is 0.465 e. The number of hydrogen-bond acceptors (Lipinski definition) is 5. The van der Waals surface area contributed by atoms with Crippen LogP contribution in [0.1, 0.15) is 28.0 Å². The average Bonchev–Trinajstić information content (AvgIpc) is 3.16. The number of hydrogen-bond donors (Lipinski definition) is 2. The van der Waals surface area contributed by atoms with Crippen LogP contribution in [-0.4, -0.2) is 50.4 Å². The fourth-order valence-electron chi connectivity index (χ4n) is 3.81. The first-order valence-electron chi connectivity index (χ1n) is 9.93. The summed E-state index contributed by atoms with van der Waals surface area (Å²) in [6.07, 6.45) is 0.732. The molecule has 9 heteroatoms. The van der Waals surface area contributed by atoms with Gasteiger partial charge < -0.3 is 14.6 Å². The number of fused-ring (bicyclic) bond motifs is 3. The minimum atomic E-state index is -3.64. The first-order chi connectivity index (χ1) is 14.9. The molecule has 0 saturated carbocycles. The van der Waals surface area contributed by atoms with Crippen molar-refractivity contribution in [2.24, 2.45) is 0 Å². The van der Waals surface area contributed by atoms with E-state index in [1.165, 1.54) is 19.2 Å². The Hall–Kier alpha value is -3.17. The van der Waals surface area contributed by atoms with Gasteiger partial charge in [-0.05, 0) is 30.3 Å². The Labute approximate surface area is 180 Å². The van der Waals surface area contributed by atoms with Gasteiger partial charge in [0, 0.05) is 54.6 Å². The molecule has 1 aliphatic heterocycles. The van der Waals surface area contributed by atoms with E-state index in [4.69, 9.17) is 4.74 Å². The van der Waals surface area contributed by atoms with Crippen molar-refractivity contribution < 1.29 is 22.7 Å². The van der Waals surface area contributed by atoms with E-state index in [-0.39, 0.29) is 23.8 Å². The number of nitrogens with one attached hydrogen (secondary N) is 2. The molecule has 0 spiro atoms. The van der Waals surface area contributed by atoms with E-state index in [2.05, 4.69) is 9.71 Å². The van der Waals surface area contributed by atoms with Gasteiger partial charge in [0.15, 0.2) is 0 Å². The summed E-state index contributed by atoms with van der Waals surface area (Å²) in [7, 11) is -2.30. The van der Waals surface area contributed by atoms with Crippen LogP contribution in [0.4, 0.5) is 0 Å². The highest BCUT2D eigenvalue weighted by atomic mass is 32.2. The molecule has 2 N–H and O–H groups in total. The number of rotatable bonds is 6. The number of esters is 1. The lowest BCUT2D eigenvalue weighted by molar-refractivity contribution is -0.131. The third-order valence-corrected chi connectivity index (χ3v) is 6.91. The first-order valence-corrected chi connectivity index (χ1v) is 11.4. The Morgan fingerprint density at radius 2 is 1.94 bits per heavy atom. The summed E-state index contributed by atoms with van der Waals surface area (Å²) in [5.41, 5.74) is 3.38. The summed E-state index contributed by atoms with van der Waals surface area (Å²) in [5, 5.41) is 0.889. The molecule has 2 heterocycles. The first kappa shape index (κ1) is 21.1. The Kier molecular flexibility index (Phi) is 5.79. The van der Waals surface area contributed by atoms with Crippen molar-refractivity contribution in [2.45, 2.75) is 24.3 Å². The second-order valence-electron chi connectivity index (χ2n) is 7.36. The SMILES string of the molecule is COC(=O)c1ccc2[nH]c3c(c2c1)CN(C(=O)CCNS(=O)(=O)c1ccccc1)CC3. The number of sulfonamides is 1. The number of carbonyl (C=O) groups excluding carboxylic acids is 2. The van der Waals surface area contributed by atoms with Gasteiger partial charge in [0.2, 0.25) is 15.9 Å². The summed E-state index contributed by atoms with van der Waals surface area (Å²) in [6, 6.07) is 13.4. The molecule has 0 aliphatic carbocycles. The number of ether oxygens (including phenoxy) is 1. The number of aromatic nitrogens is 1. The standard InChI is InChI=1S/C22H23N3O5S/c1-30-22(27)15-7-8-19-17(13-15)18-14-25(12-10-20(18)24-19)21(26)9-11-23-31(28,29)16-5-3-2-4-6-16/h2-8,13,23-24H,9-12,14H2,1H3. The van der Waals surface area contributed by atoms with Gasteiger partial charge in [-0.1, -0.05) is 18.2 Å². The van der Waals surface area contributed by atoms with E-state index < -0.39 is 16.0 Å². The molecule has 0 bridgehead atoms. The van der Waals surface area contributed by atoms with Gasteiger partial charge in [-0.2, -0.15) is 0 Å².